The highest BCUT2D eigenvalue weighted by atomic mass is 16.4. The molecule has 0 fully saturated rings. The zero-order valence-electron chi connectivity index (χ0n) is 19.7. The largest absolute Gasteiger partial charge is 0.423 e. The smallest absolute Gasteiger partial charge is 0.298 e. The molecule has 0 aliphatic rings. The summed E-state index contributed by atoms with van der Waals surface area (Å²) in [6.45, 7) is 7.38. The summed E-state index contributed by atoms with van der Waals surface area (Å²) in [5, 5.41) is 14.6. The van der Waals surface area contributed by atoms with E-state index in [4.69, 9.17) is 9.40 Å². The summed E-state index contributed by atoms with van der Waals surface area (Å²) < 4.78 is 6.13. The number of H-pyrrole nitrogens is 1. The minimum atomic E-state index is 0.114. The number of hydrogen-bond acceptors (Lipinski definition) is 6. The normalized spacial score (nSPS) is 12.2. The molecule has 1 atom stereocenters. The Morgan fingerprint density at radius 2 is 1.82 bits per heavy atom. The van der Waals surface area contributed by atoms with E-state index in [1.54, 1.807) is 0 Å². The zero-order chi connectivity index (χ0) is 23.5. The van der Waals surface area contributed by atoms with Gasteiger partial charge in [0, 0.05) is 12.1 Å². The molecule has 7 heteroatoms. The molecule has 2 heterocycles. The molecule has 0 aliphatic heterocycles. The molecule has 5 aromatic rings. The van der Waals surface area contributed by atoms with Gasteiger partial charge in [0.1, 0.15) is 5.52 Å². The third-order valence-corrected chi connectivity index (χ3v) is 6.21. The van der Waals surface area contributed by atoms with E-state index in [2.05, 4.69) is 82.7 Å². The summed E-state index contributed by atoms with van der Waals surface area (Å²) in [5.74, 6) is 0.592. The number of rotatable bonds is 8. The average molecular weight is 453 g/mol. The predicted octanol–water partition coefficient (Wildman–Crippen LogP) is 6.35. The number of nitrogens with one attached hydrogen (secondary N) is 1. The number of aryl methyl sites for hydroxylation is 1. The summed E-state index contributed by atoms with van der Waals surface area (Å²) in [5.41, 5.74) is 7.24. The highest BCUT2D eigenvalue weighted by Gasteiger charge is 2.21. The van der Waals surface area contributed by atoms with E-state index in [1.165, 1.54) is 11.1 Å². The van der Waals surface area contributed by atoms with Crippen molar-refractivity contribution >= 4 is 17.1 Å². The Kier molecular flexibility index (Phi) is 6.08. The first-order chi connectivity index (χ1) is 16.6. The van der Waals surface area contributed by atoms with Crippen molar-refractivity contribution in [2.75, 3.05) is 11.4 Å². The van der Waals surface area contributed by atoms with Gasteiger partial charge < -0.3 is 9.32 Å². The second-order valence-corrected chi connectivity index (χ2v) is 8.59. The second-order valence-electron chi connectivity index (χ2n) is 8.59. The van der Waals surface area contributed by atoms with Gasteiger partial charge in [-0.2, -0.15) is 10.2 Å². The molecule has 5 rings (SSSR count). The molecule has 2 aromatic heterocycles. The number of oxazole rings is 1. The van der Waals surface area contributed by atoms with Crippen molar-refractivity contribution in [2.24, 2.45) is 0 Å². The third kappa shape index (κ3) is 4.29. The maximum atomic E-state index is 6.13. The summed E-state index contributed by atoms with van der Waals surface area (Å²) in [6, 6.07) is 23.7. The van der Waals surface area contributed by atoms with Crippen LogP contribution in [0, 0.1) is 6.92 Å². The lowest BCUT2D eigenvalue weighted by molar-refractivity contribution is 0.524. The Hall–Kier alpha value is -4.00. The minimum absolute atomic E-state index is 0.114. The number of unbranched alkanes of at least 4 members (excludes halogenated alkanes) is 1. The number of benzene rings is 3. The van der Waals surface area contributed by atoms with Gasteiger partial charge in [0.15, 0.2) is 5.58 Å². The van der Waals surface area contributed by atoms with Gasteiger partial charge in [-0.3, -0.25) is 0 Å². The van der Waals surface area contributed by atoms with Gasteiger partial charge in [-0.05, 0) is 54.3 Å². The standard InChI is InChI=1S/C27H28N6O/c1-4-5-16-33(27-28-24-8-6-7-9-25(24)34-27)19(3)20-11-13-21(14-12-20)23-17-18(2)10-15-22(23)26-29-31-32-30-26/h6-15,17,19H,4-5,16H2,1-3H3,(H,29,30,31,32)/t19-/m1/s1. The highest BCUT2D eigenvalue weighted by Crippen LogP contribution is 2.34. The van der Waals surface area contributed by atoms with E-state index in [1.807, 2.05) is 30.3 Å². The molecule has 0 radical (unpaired) electrons. The molecule has 0 aliphatic carbocycles. The first kappa shape index (κ1) is 21.8. The van der Waals surface area contributed by atoms with Crippen LogP contribution < -0.4 is 4.90 Å². The van der Waals surface area contributed by atoms with E-state index in [0.717, 1.165) is 47.2 Å². The average Bonchev–Trinajstić information content (AvgIpc) is 3.54. The number of hydrogen-bond donors (Lipinski definition) is 1. The SMILES string of the molecule is CCCCN(c1nc2ccccc2o1)[C@H](C)c1ccc(-c2cc(C)ccc2-c2nn[nH]n2)cc1. The number of tetrazole rings is 1. The molecule has 172 valence electrons. The Morgan fingerprint density at radius 3 is 2.56 bits per heavy atom. The van der Waals surface area contributed by atoms with E-state index in [-0.39, 0.29) is 6.04 Å². The van der Waals surface area contributed by atoms with Gasteiger partial charge in [0.05, 0.1) is 6.04 Å². The molecule has 7 nitrogen and oxygen atoms in total. The zero-order valence-corrected chi connectivity index (χ0v) is 19.7. The lowest BCUT2D eigenvalue weighted by Crippen LogP contribution is -2.28. The van der Waals surface area contributed by atoms with Crippen molar-refractivity contribution in [1.29, 1.82) is 0 Å². The molecule has 0 bridgehead atoms. The van der Waals surface area contributed by atoms with E-state index < -0.39 is 0 Å². The first-order valence-corrected chi connectivity index (χ1v) is 11.7. The monoisotopic (exact) mass is 452 g/mol. The number of para-hydroxylation sites is 2. The molecule has 34 heavy (non-hydrogen) atoms. The third-order valence-electron chi connectivity index (χ3n) is 6.21. The van der Waals surface area contributed by atoms with Crippen LogP contribution in [0.3, 0.4) is 0 Å². The molecule has 0 spiro atoms. The lowest BCUT2D eigenvalue weighted by atomic mass is 9.95. The van der Waals surface area contributed by atoms with E-state index >= 15 is 0 Å². The van der Waals surface area contributed by atoms with Crippen molar-refractivity contribution < 1.29 is 4.42 Å². The second kappa shape index (κ2) is 9.47. The van der Waals surface area contributed by atoms with Crippen LogP contribution in [0.25, 0.3) is 33.6 Å². The number of nitrogens with zero attached hydrogens (tertiary/aromatic N) is 5. The van der Waals surface area contributed by atoms with Crippen molar-refractivity contribution in [3.05, 3.63) is 77.9 Å². The number of aromatic amines is 1. The topological polar surface area (TPSA) is 83.7 Å². The van der Waals surface area contributed by atoms with Crippen LogP contribution in [-0.2, 0) is 0 Å². The fraction of sp³-hybridized carbons (Fsp3) is 0.259. The Balaban J connectivity index is 1.47. The van der Waals surface area contributed by atoms with Crippen LogP contribution in [-0.4, -0.2) is 32.2 Å². The maximum Gasteiger partial charge on any atom is 0.298 e. The Labute approximate surface area is 198 Å². The van der Waals surface area contributed by atoms with E-state index in [0.29, 0.717) is 11.8 Å². The molecule has 0 amide bonds. The van der Waals surface area contributed by atoms with Gasteiger partial charge in [-0.1, -0.05) is 73.5 Å². The Morgan fingerprint density at radius 1 is 1.00 bits per heavy atom. The summed E-state index contributed by atoms with van der Waals surface area (Å²) in [6.07, 6.45) is 2.17. The predicted molar refractivity (Wildman–Crippen MR) is 134 cm³/mol. The van der Waals surface area contributed by atoms with Crippen molar-refractivity contribution in [3.63, 3.8) is 0 Å². The fourth-order valence-electron chi connectivity index (χ4n) is 4.26. The van der Waals surface area contributed by atoms with Gasteiger partial charge >= 0.3 is 0 Å². The number of fused-ring (bicyclic) bond motifs is 1. The summed E-state index contributed by atoms with van der Waals surface area (Å²) in [4.78, 5) is 7.02. The summed E-state index contributed by atoms with van der Waals surface area (Å²) in [7, 11) is 0. The van der Waals surface area contributed by atoms with Gasteiger partial charge in [0.25, 0.3) is 6.01 Å². The molecule has 0 unspecified atom stereocenters. The van der Waals surface area contributed by atoms with Gasteiger partial charge in [-0.15, -0.1) is 10.2 Å². The molecule has 0 saturated carbocycles. The summed E-state index contributed by atoms with van der Waals surface area (Å²) >= 11 is 0. The first-order valence-electron chi connectivity index (χ1n) is 11.7. The molecular formula is C27H28N6O. The highest BCUT2D eigenvalue weighted by molar-refractivity contribution is 5.81. The molecule has 1 N–H and O–H groups in total. The van der Waals surface area contributed by atoms with Crippen LogP contribution in [0.1, 0.15) is 43.9 Å². The van der Waals surface area contributed by atoms with Crippen molar-refractivity contribution in [1.82, 2.24) is 25.6 Å². The van der Waals surface area contributed by atoms with Crippen LogP contribution in [0.2, 0.25) is 0 Å². The van der Waals surface area contributed by atoms with E-state index in [9.17, 15) is 0 Å². The van der Waals surface area contributed by atoms with Crippen LogP contribution in [0.5, 0.6) is 0 Å². The van der Waals surface area contributed by atoms with Crippen LogP contribution in [0.15, 0.2) is 71.1 Å². The molecule has 0 saturated heterocycles. The minimum Gasteiger partial charge on any atom is -0.423 e. The fourth-order valence-corrected chi connectivity index (χ4v) is 4.26. The van der Waals surface area contributed by atoms with Crippen molar-refractivity contribution in [3.8, 4) is 22.5 Å². The number of anilines is 1. The van der Waals surface area contributed by atoms with Gasteiger partial charge in [-0.25, -0.2) is 0 Å². The van der Waals surface area contributed by atoms with Crippen LogP contribution >= 0.6 is 0 Å². The van der Waals surface area contributed by atoms with Crippen LogP contribution in [0.4, 0.5) is 6.01 Å². The quantitative estimate of drug-likeness (QED) is 0.295. The molecular weight excluding hydrogens is 424 g/mol. The maximum absolute atomic E-state index is 6.13. The van der Waals surface area contributed by atoms with Gasteiger partial charge in [0.2, 0.25) is 5.82 Å². The Bertz CT molecular complexity index is 1340. The molecule has 3 aromatic carbocycles. The van der Waals surface area contributed by atoms with Crippen molar-refractivity contribution in [2.45, 2.75) is 39.7 Å². The number of aromatic nitrogens is 5. The lowest BCUT2D eigenvalue weighted by Gasteiger charge is -2.28.